The van der Waals surface area contributed by atoms with Crippen molar-refractivity contribution in [1.29, 1.82) is 0 Å². The van der Waals surface area contributed by atoms with Crippen LogP contribution in [0.3, 0.4) is 0 Å². The van der Waals surface area contributed by atoms with E-state index in [1.54, 1.807) is 4.90 Å². The zero-order valence-electron chi connectivity index (χ0n) is 11.3. The minimum atomic E-state index is 0.0176. The van der Waals surface area contributed by atoms with Gasteiger partial charge in [-0.25, -0.2) is 0 Å². The van der Waals surface area contributed by atoms with Gasteiger partial charge in [-0.05, 0) is 25.5 Å². The van der Waals surface area contributed by atoms with E-state index in [1.165, 1.54) is 0 Å². The van der Waals surface area contributed by atoms with Crippen molar-refractivity contribution >= 4 is 17.3 Å². The number of fused-ring (bicyclic) bond motifs is 1. The number of rotatable bonds is 5. The van der Waals surface area contributed by atoms with Gasteiger partial charge >= 0.3 is 0 Å². The van der Waals surface area contributed by atoms with Crippen LogP contribution in [-0.2, 0) is 0 Å². The Morgan fingerprint density at radius 3 is 2.89 bits per heavy atom. The van der Waals surface area contributed by atoms with Gasteiger partial charge in [0.05, 0.1) is 16.9 Å². The number of anilines is 2. The first-order chi connectivity index (χ1) is 9.27. The topological polar surface area (TPSA) is 64.6 Å². The van der Waals surface area contributed by atoms with E-state index in [0.717, 1.165) is 24.5 Å². The van der Waals surface area contributed by atoms with Crippen LogP contribution in [0.1, 0.15) is 23.7 Å². The van der Waals surface area contributed by atoms with Crippen molar-refractivity contribution in [3.63, 3.8) is 0 Å². The van der Waals surface area contributed by atoms with Crippen LogP contribution in [0.2, 0.25) is 0 Å². The van der Waals surface area contributed by atoms with Crippen molar-refractivity contribution < 1.29 is 9.90 Å². The third-order valence-electron chi connectivity index (χ3n) is 3.29. The highest BCUT2D eigenvalue weighted by Crippen LogP contribution is 2.29. The Balaban J connectivity index is 2.22. The maximum Gasteiger partial charge on any atom is 0.256 e. The lowest BCUT2D eigenvalue weighted by molar-refractivity contribution is 0.0755. The highest BCUT2D eigenvalue weighted by molar-refractivity contribution is 6.02. The first kappa shape index (κ1) is 13.7. The van der Waals surface area contributed by atoms with Gasteiger partial charge in [0.1, 0.15) is 0 Å². The molecule has 3 N–H and O–H groups in total. The molecular weight excluding hydrogens is 242 g/mol. The molecule has 19 heavy (non-hydrogen) atoms. The molecule has 0 saturated carbocycles. The fraction of sp³-hybridized carbons (Fsp3) is 0.500. The number of nitrogens with zero attached hydrogens (tertiary/aromatic N) is 1. The normalized spacial score (nSPS) is 13.2. The number of aliphatic hydroxyl groups is 1. The Morgan fingerprint density at radius 1 is 1.37 bits per heavy atom. The monoisotopic (exact) mass is 263 g/mol. The molecule has 0 atom stereocenters. The number of amides is 1. The molecule has 0 fully saturated rings. The van der Waals surface area contributed by atoms with Gasteiger partial charge in [-0.1, -0.05) is 6.07 Å². The summed E-state index contributed by atoms with van der Waals surface area (Å²) >= 11 is 0. The van der Waals surface area contributed by atoms with E-state index in [-0.39, 0.29) is 12.5 Å². The summed E-state index contributed by atoms with van der Waals surface area (Å²) in [5.74, 6) is 0.0176. The zero-order valence-corrected chi connectivity index (χ0v) is 11.3. The van der Waals surface area contributed by atoms with Crippen LogP contribution in [-0.4, -0.2) is 48.7 Å². The summed E-state index contributed by atoms with van der Waals surface area (Å²) in [4.78, 5) is 14.3. The lowest BCUT2D eigenvalue weighted by Gasteiger charge is -2.26. The summed E-state index contributed by atoms with van der Waals surface area (Å²) in [6, 6.07) is 5.72. The molecule has 1 aromatic carbocycles. The number of hydrogen-bond donors (Lipinski definition) is 3. The Morgan fingerprint density at radius 2 is 2.16 bits per heavy atom. The molecule has 2 rings (SSSR count). The zero-order chi connectivity index (χ0) is 13.7. The lowest BCUT2D eigenvalue weighted by atomic mass is 10.1. The highest BCUT2D eigenvalue weighted by Gasteiger charge is 2.20. The molecule has 0 bridgehead atoms. The molecule has 1 heterocycles. The van der Waals surface area contributed by atoms with Gasteiger partial charge in [-0.3, -0.25) is 4.79 Å². The average molecular weight is 263 g/mol. The fourth-order valence-corrected chi connectivity index (χ4v) is 2.29. The molecule has 1 amide bonds. The standard InChI is InChI=1S/C14H21N3O2/c1-2-17(9-4-10-18)14(19)11-5-3-6-12-13(11)16-8-7-15-12/h3,5-6,15-16,18H,2,4,7-10H2,1H3. The molecule has 5 nitrogen and oxygen atoms in total. The van der Waals surface area contributed by atoms with Gasteiger partial charge in [-0.15, -0.1) is 0 Å². The smallest absolute Gasteiger partial charge is 0.256 e. The molecule has 0 unspecified atom stereocenters. The van der Waals surface area contributed by atoms with E-state index in [4.69, 9.17) is 5.11 Å². The Bertz CT molecular complexity index is 448. The number of para-hydroxylation sites is 1. The van der Waals surface area contributed by atoms with Crippen molar-refractivity contribution in [1.82, 2.24) is 4.90 Å². The van der Waals surface area contributed by atoms with Gasteiger partial charge in [0, 0.05) is 32.8 Å². The molecule has 0 radical (unpaired) electrons. The predicted octanol–water partition coefficient (Wildman–Crippen LogP) is 1.37. The number of aliphatic hydroxyl groups excluding tert-OH is 1. The van der Waals surface area contributed by atoms with Gasteiger partial charge in [0.15, 0.2) is 0 Å². The number of carbonyl (C=O) groups excluding carboxylic acids is 1. The summed E-state index contributed by atoms with van der Waals surface area (Å²) in [6.45, 7) is 4.98. The predicted molar refractivity (Wildman–Crippen MR) is 76.7 cm³/mol. The van der Waals surface area contributed by atoms with Crippen molar-refractivity contribution in [3.8, 4) is 0 Å². The van der Waals surface area contributed by atoms with Gasteiger partial charge < -0.3 is 20.6 Å². The number of hydrogen-bond acceptors (Lipinski definition) is 4. The molecule has 0 spiro atoms. The van der Waals surface area contributed by atoms with Crippen molar-refractivity contribution in [2.24, 2.45) is 0 Å². The number of benzene rings is 1. The van der Waals surface area contributed by atoms with E-state index >= 15 is 0 Å². The second kappa shape index (κ2) is 6.43. The SMILES string of the molecule is CCN(CCCO)C(=O)c1cccc2c1NCCN2. The third-order valence-corrected chi connectivity index (χ3v) is 3.29. The summed E-state index contributed by atoms with van der Waals surface area (Å²) < 4.78 is 0. The summed E-state index contributed by atoms with van der Waals surface area (Å²) in [6.07, 6.45) is 0.611. The van der Waals surface area contributed by atoms with Crippen LogP contribution in [0.5, 0.6) is 0 Å². The van der Waals surface area contributed by atoms with Crippen molar-refractivity contribution in [3.05, 3.63) is 23.8 Å². The van der Waals surface area contributed by atoms with Crippen LogP contribution in [0.15, 0.2) is 18.2 Å². The lowest BCUT2D eigenvalue weighted by Crippen LogP contribution is -2.33. The minimum absolute atomic E-state index is 0.0176. The summed E-state index contributed by atoms with van der Waals surface area (Å²) in [7, 11) is 0. The Hall–Kier alpha value is -1.75. The first-order valence-electron chi connectivity index (χ1n) is 6.78. The summed E-state index contributed by atoms with van der Waals surface area (Å²) in [5, 5.41) is 15.5. The third kappa shape index (κ3) is 2.98. The second-order valence-electron chi connectivity index (χ2n) is 4.54. The van der Waals surface area contributed by atoms with Crippen molar-refractivity contribution in [2.45, 2.75) is 13.3 Å². The number of nitrogens with one attached hydrogen (secondary N) is 2. The maximum atomic E-state index is 12.5. The molecule has 1 aromatic rings. The number of carbonyl (C=O) groups is 1. The molecule has 0 aromatic heterocycles. The molecule has 104 valence electrons. The molecule has 0 saturated heterocycles. The minimum Gasteiger partial charge on any atom is -0.396 e. The molecular formula is C14H21N3O2. The average Bonchev–Trinajstić information content (AvgIpc) is 2.47. The second-order valence-corrected chi connectivity index (χ2v) is 4.54. The van der Waals surface area contributed by atoms with Crippen LogP contribution >= 0.6 is 0 Å². The Kier molecular flexibility index (Phi) is 4.63. The highest BCUT2D eigenvalue weighted by atomic mass is 16.3. The van der Waals surface area contributed by atoms with E-state index in [2.05, 4.69) is 10.6 Å². The molecule has 0 aliphatic carbocycles. The Labute approximate surface area is 113 Å². The van der Waals surface area contributed by atoms with E-state index in [9.17, 15) is 4.79 Å². The van der Waals surface area contributed by atoms with Crippen LogP contribution in [0, 0.1) is 0 Å². The van der Waals surface area contributed by atoms with Gasteiger partial charge in [0.2, 0.25) is 0 Å². The van der Waals surface area contributed by atoms with Crippen LogP contribution < -0.4 is 10.6 Å². The quantitative estimate of drug-likeness (QED) is 0.750. The largest absolute Gasteiger partial charge is 0.396 e. The molecule has 5 heteroatoms. The van der Waals surface area contributed by atoms with Gasteiger partial charge in [-0.2, -0.15) is 0 Å². The molecule has 1 aliphatic rings. The maximum absolute atomic E-state index is 12.5. The van der Waals surface area contributed by atoms with Crippen LogP contribution in [0.4, 0.5) is 11.4 Å². The van der Waals surface area contributed by atoms with E-state index in [1.807, 2.05) is 25.1 Å². The van der Waals surface area contributed by atoms with E-state index in [0.29, 0.717) is 25.1 Å². The molecule has 1 aliphatic heterocycles. The van der Waals surface area contributed by atoms with Crippen LogP contribution in [0.25, 0.3) is 0 Å². The fourth-order valence-electron chi connectivity index (χ4n) is 2.29. The van der Waals surface area contributed by atoms with Gasteiger partial charge in [0.25, 0.3) is 5.91 Å². The first-order valence-corrected chi connectivity index (χ1v) is 6.78. The summed E-state index contributed by atoms with van der Waals surface area (Å²) in [5.41, 5.74) is 2.57. The van der Waals surface area contributed by atoms with E-state index < -0.39 is 0 Å². The van der Waals surface area contributed by atoms with Crippen molar-refractivity contribution in [2.75, 3.05) is 43.4 Å².